The van der Waals surface area contributed by atoms with Gasteiger partial charge in [0.2, 0.25) is 0 Å². The van der Waals surface area contributed by atoms with Gasteiger partial charge in [0.25, 0.3) is 0 Å². The van der Waals surface area contributed by atoms with Gasteiger partial charge in [-0.3, -0.25) is 4.79 Å². The SMILES string of the molecule is Cc1cc(C)cc(CC[C@@H](N)C(=O)O)c1. The summed E-state index contributed by atoms with van der Waals surface area (Å²) in [5, 5.41) is 8.64. The molecule has 0 bridgehead atoms. The molecule has 3 nitrogen and oxygen atoms in total. The van der Waals surface area contributed by atoms with Crippen molar-refractivity contribution in [1.82, 2.24) is 0 Å². The van der Waals surface area contributed by atoms with Crippen molar-refractivity contribution in [2.24, 2.45) is 5.73 Å². The van der Waals surface area contributed by atoms with Crippen LogP contribution in [0.4, 0.5) is 0 Å². The molecule has 0 amide bonds. The van der Waals surface area contributed by atoms with Crippen molar-refractivity contribution in [3.63, 3.8) is 0 Å². The zero-order valence-corrected chi connectivity index (χ0v) is 9.16. The van der Waals surface area contributed by atoms with Gasteiger partial charge in [0.05, 0.1) is 0 Å². The predicted molar refractivity (Wildman–Crippen MR) is 59.8 cm³/mol. The van der Waals surface area contributed by atoms with E-state index < -0.39 is 12.0 Å². The van der Waals surface area contributed by atoms with Crippen LogP contribution in [0.5, 0.6) is 0 Å². The maximum atomic E-state index is 10.5. The first kappa shape index (κ1) is 11.7. The fourth-order valence-electron chi connectivity index (χ4n) is 1.66. The van der Waals surface area contributed by atoms with Gasteiger partial charge in [0, 0.05) is 0 Å². The Morgan fingerprint density at radius 3 is 2.33 bits per heavy atom. The Labute approximate surface area is 89.9 Å². The van der Waals surface area contributed by atoms with E-state index in [1.54, 1.807) is 0 Å². The van der Waals surface area contributed by atoms with E-state index in [2.05, 4.69) is 18.2 Å². The first-order valence-electron chi connectivity index (χ1n) is 5.04. The topological polar surface area (TPSA) is 63.3 Å². The summed E-state index contributed by atoms with van der Waals surface area (Å²) in [6, 6.07) is 5.48. The van der Waals surface area contributed by atoms with Crippen molar-refractivity contribution in [3.8, 4) is 0 Å². The first-order valence-corrected chi connectivity index (χ1v) is 5.04. The summed E-state index contributed by atoms with van der Waals surface area (Å²) in [5.41, 5.74) is 9.00. The maximum Gasteiger partial charge on any atom is 0.320 e. The summed E-state index contributed by atoms with van der Waals surface area (Å²) < 4.78 is 0. The minimum Gasteiger partial charge on any atom is -0.480 e. The molecule has 15 heavy (non-hydrogen) atoms. The van der Waals surface area contributed by atoms with Crippen LogP contribution in [0.3, 0.4) is 0 Å². The molecule has 0 unspecified atom stereocenters. The number of benzene rings is 1. The molecule has 0 saturated carbocycles. The Balaban J connectivity index is 2.61. The number of hydrogen-bond donors (Lipinski definition) is 2. The van der Waals surface area contributed by atoms with Gasteiger partial charge in [0.15, 0.2) is 0 Å². The highest BCUT2D eigenvalue weighted by Gasteiger charge is 2.10. The van der Waals surface area contributed by atoms with Gasteiger partial charge < -0.3 is 10.8 Å². The van der Waals surface area contributed by atoms with E-state index >= 15 is 0 Å². The van der Waals surface area contributed by atoms with Crippen molar-refractivity contribution < 1.29 is 9.90 Å². The van der Waals surface area contributed by atoms with E-state index in [9.17, 15) is 4.79 Å². The van der Waals surface area contributed by atoms with Crippen LogP contribution in [0.15, 0.2) is 18.2 Å². The van der Waals surface area contributed by atoms with E-state index in [-0.39, 0.29) is 0 Å². The third-order valence-corrected chi connectivity index (χ3v) is 2.34. The number of carbonyl (C=O) groups is 1. The molecule has 1 rings (SSSR count). The quantitative estimate of drug-likeness (QED) is 0.789. The molecule has 0 aromatic heterocycles. The fourth-order valence-corrected chi connectivity index (χ4v) is 1.66. The molecule has 3 N–H and O–H groups in total. The number of aliphatic carboxylic acids is 1. The maximum absolute atomic E-state index is 10.5. The van der Waals surface area contributed by atoms with Crippen LogP contribution >= 0.6 is 0 Å². The molecule has 0 aliphatic heterocycles. The summed E-state index contributed by atoms with van der Waals surface area (Å²) in [5.74, 6) is -0.931. The highest BCUT2D eigenvalue weighted by atomic mass is 16.4. The third-order valence-electron chi connectivity index (χ3n) is 2.34. The second-order valence-electron chi connectivity index (χ2n) is 3.98. The van der Waals surface area contributed by atoms with Crippen molar-refractivity contribution in [1.29, 1.82) is 0 Å². The average Bonchev–Trinajstić information content (AvgIpc) is 2.12. The van der Waals surface area contributed by atoms with Crippen molar-refractivity contribution in [2.75, 3.05) is 0 Å². The Kier molecular flexibility index (Phi) is 3.86. The highest BCUT2D eigenvalue weighted by Crippen LogP contribution is 2.11. The fraction of sp³-hybridized carbons (Fsp3) is 0.417. The number of carboxylic acids is 1. The molecule has 0 fully saturated rings. The molecule has 1 atom stereocenters. The van der Waals surface area contributed by atoms with Crippen molar-refractivity contribution in [3.05, 3.63) is 34.9 Å². The standard InChI is InChI=1S/C12H17NO2/c1-8-5-9(2)7-10(6-8)3-4-11(13)12(14)15/h5-7,11H,3-4,13H2,1-2H3,(H,14,15)/t11-/m1/s1. The van der Waals surface area contributed by atoms with E-state index in [1.165, 1.54) is 11.1 Å². The largest absolute Gasteiger partial charge is 0.480 e. The lowest BCUT2D eigenvalue weighted by atomic mass is 10.0. The normalized spacial score (nSPS) is 12.5. The molecule has 0 heterocycles. The summed E-state index contributed by atoms with van der Waals surface area (Å²) in [6.45, 7) is 4.07. The van der Waals surface area contributed by atoms with Crippen molar-refractivity contribution >= 4 is 5.97 Å². The van der Waals surface area contributed by atoms with Crippen LogP contribution in [0.25, 0.3) is 0 Å². The van der Waals surface area contributed by atoms with E-state index in [0.717, 1.165) is 12.0 Å². The first-order chi connectivity index (χ1) is 6.99. The highest BCUT2D eigenvalue weighted by molar-refractivity contribution is 5.73. The van der Waals surface area contributed by atoms with Gasteiger partial charge in [0.1, 0.15) is 6.04 Å². The minimum atomic E-state index is -0.931. The molecule has 0 aliphatic rings. The van der Waals surface area contributed by atoms with Crippen LogP contribution in [0, 0.1) is 13.8 Å². The van der Waals surface area contributed by atoms with Gasteiger partial charge in [-0.1, -0.05) is 29.3 Å². The minimum absolute atomic E-state index is 0.484. The molecule has 0 saturated heterocycles. The Morgan fingerprint density at radius 2 is 1.87 bits per heavy atom. The molecule has 0 radical (unpaired) electrons. The van der Waals surface area contributed by atoms with Crippen LogP contribution in [0.2, 0.25) is 0 Å². The average molecular weight is 207 g/mol. The summed E-state index contributed by atoms with van der Waals surface area (Å²) in [6.07, 6.45) is 1.20. The van der Waals surface area contributed by atoms with Crippen LogP contribution in [-0.2, 0) is 11.2 Å². The molecule has 1 aromatic rings. The van der Waals surface area contributed by atoms with Gasteiger partial charge in [-0.2, -0.15) is 0 Å². The lowest BCUT2D eigenvalue weighted by Crippen LogP contribution is -2.30. The van der Waals surface area contributed by atoms with Crippen LogP contribution in [-0.4, -0.2) is 17.1 Å². The lowest BCUT2D eigenvalue weighted by molar-refractivity contribution is -0.138. The molecular weight excluding hydrogens is 190 g/mol. The number of nitrogens with two attached hydrogens (primary N) is 1. The summed E-state index contributed by atoms with van der Waals surface area (Å²) in [4.78, 5) is 10.5. The number of carboxylic acid groups (broad SMARTS) is 1. The van der Waals surface area contributed by atoms with Crippen molar-refractivity contribution in [2.45, 2.75) is 32.7 Å². The second kappa shape index (κ2) is 4.94. The molecule has 0 aliphatic carbocycles. The van der Waals surface area contributed by atoms with E-state index in [4.69, 9.17) is 10.8 Å². The predicted octanol–water partition coefficient (Wildman–Crippen LogP) is 1.65. The Bertz CT molecular complexity index is 340. The van der Waals surface area contributed by atoms with Gasteiger partial charge in [-0.05, 0) is 32.3 Å². The number of hydrogen-bond acceptors (Lipinski definition) is 2. The Morgan fingerprint density at radius 1 is 1.33 bits per heavy atom. The van der Waals surface area contributed by atoms with Gasteiger partial charge >= 0.3 is 5.97 Å². The monoisotopic (exact) mass is 207 g/mol. The molecule has 82 valence electrons. The smallest absolute Gasteiger partial charge is 0.320 e. The lowest BCUT2D eigenvalue weighted by Gasteiger charge is -2.07. The Hall–Kier alpha value is -1.35. The molecule has 0 spiro atoms. The number of aryl methyl sites for hydroxylation is 3. The van der Waals surface area contributed by atoms with Gasteiger partial charge in [-0.25, -0.2) is 0 Å². The summed E-state index contributed by atoms with van der Waals surface area (Å²) in [7, 11) is 0. The zero-order chi connectivity index (χ0) is 11.4. The zero-order valence-electron chi connectivity index (χ0n) is 9.16. The molecule has 1 aromatic carbocycles. The molecular formula is C12H17NO2. The van der Waals surface area contributed by atoms with E-state index in [1.807, 2.05) is 13.8 Å². The van der Waals surface area contributed by atoms with E-state index in [0.29, 0.717) is 6.42 Å². The number of rotatable bonds is 4. The van der Waals surface area contributed by atoms with Crippen LogP contribution in [0.1, 0.15) is 23.1 Å². The molecule has 3 heteroatoms. The van der Waals surface area contributed by atoms with Gasteiger partial charge in [-0.15, -0.1) is 0 Å². The summed E-state index contributed by atoms with van der Waals surface area (Å²) >= 11 is 0. The van der Waals surface area contributed by atoms with Crippen LogP contribution < -0.4 is 5.73 Å². The third kappa shape index (κ3) is 3.72. The second-order valence-corrected chi connectivity index (χ2v) is 3.98.